The van der Waals surface area contributed by atoms with Crippen LogP contribution in [0.15, 0.2) is 73.3 Å². The summed E-state index contributed by atoms with van der Waals surface area (Å²) in [6, 6.07) is 16.6. The topological polar surface area (TPSA) is 88.0 Å². The summed E-state index contributed by atoms with van der Waals surface area (Å²) in [6.45, 7) is 2.19. The number of imidazole rings is 1. The van der Waals surface area contributed by atoms with E-state index in [1.807, 2.05) is 60.2 Å². The number of benzene rings is 2. The summed E-state index contributed by atoms with van der Waals surface area (Å²) < 4.78 is 1.92. The molecule has 144 valence electrons. The Morgan fingerprint density at radius 2 is 1.82 bits per heavy atom. The van der Waals surface area contributed by atoms with Gasteiger partial charge in [-0.15, -0.1) is 0 Å². The Hall–Kier alpha value is -3.61. The van der Waals surface area contributed by atoms with Crippen molar-refractivity contribution in [2.45, 2.75) is 19.4 Å². The Labute approximate surface area is 163 Å². The van der Waals surface area contributed by atoms with Crippen LogP contribution in [0.5, 0.6) is 0 Å². The van der Waals surface area contributed by atoms with Crippen molar-refractivity contribution in [3.05, 3.63) is 78.9 Å². The average Bonchev–Trinajstić information content (AvgIpc) is 3.23. The molecule has 0 saturated heterocycles. The van der Waals surface area contributed by atoms with Crippen molar-refractivity contribution >= 4 is 17.6 Å². The van der Waals surface area contributed by atoms with E-state index in [4.69, 9.17) is 0 Å². The predicted octanol–water partition coefficient (Wildman–Crippen LogP) is 3.26. The number of rotatable bonds is 7. The van der Waals surface area contributed by atoms with E-state index < -0.39 is 0 Å². The first-order chi connectivity index (χ1) is 13.6. The summed E-state index contributed by atoms with van der Waals surface area (Å²) in [5.74, 6) is -0.119. The highest BCUT2D eigenvalue weighted by Gasteiger charge is 2.10. The number of carbonyl (C=O) groups is 2. The van der Waals surface area contributed by atoms with E-state index in [9.17, 15) is 9.59 Å². The molecule has 0 aliphatic carbocycles. The maximum absolute atomic E-state index is 12.1. The van der Waals surface area contributed by atoms with E-state index in [2.05, 4.69) is 20.9 Å². The standard InChI is InChI=1S/C21H23N5O2/c1-16(17-7-9-19(10-8-17)26-14-13-22-15-26)24-20(27)11-12-23-21(28)25-18-5-3-2-4-6-18/h2-10,13-16H,11-12H2,1H3,(H,24,27)(H2,23,25,28)/t16-/m1/s1. The molecule has 0 aliphatic heterocycles. The maximum Gasteiger partial charge on any atom is 0.319 e. The Kier molecular flexibility index (Phi) is 6.41. The van der Waals surface area contributed by atoms with Crippen molar-refractivity contribution in [3.8, 4) is 5.69 Å². The van der Waals surface area contributed by atoms with Crippen molar-refractivity contribution in [3.63, 3.8) is 0 Å². The van der Waals surface area contributed by atoms with Gasteiger partial charge in [-0.1, -0.05) is 30.3 Å². The van der Waals surface area contributed by atoms with Gasteiger partial charge in [-0.25, -0.2) is 9.78 Å². The van der Waals surface area contributed by atoms with Crippen molar-refractivity contribution in [2.24, 2.45) is 0 Å². The zero-order valence-electron chi connectivity index (χ0n) is 15.6. The van der Waals surface area contributed by atoms with Crippen LogP contribution >= 0.6 is 0 Å². The van der Waals surface area contributed by atoms with E-state index >= 15 is 0 Å². The van der Waals surface area contributed by atoms with Gasteiger partial charge in [0, 0.05) is 36.7 Å². The number of para-hydroxylation sites is 1. The van der Waals surface area contributed by atoms with Crippen LogP contribution in [0.3, 0.4) is 0 Å². The predicted molar refractivity (Wildman–Crippen MR) is 108 cm³/mol. The van der Waals surface area contributed by atoms with Crippen LogP contribution < -0.4 is 16.0 Å². The zero-order valence-corrected chi connectivity index (χ0v) is 15.6. The molecular formula is C21H23N5O2. The van der Waals surface area contributed by atoms with Crippen LogP contribution in [0.4, 0.5) is 10.5 Å². The van der Waals surface area contributed by atoms with Crippen molar-refractivity contribution in [1.29, 1.82) is 0 Å². The third-order valence-electron chi connectivity index (χ3n) is 4.24. The lowest BCUT2D eigenvalue weighted by molar-refractivity contribution is -0.121. The number of anilines is 1. The molecule has 0 bridgehead atoms. The van der Waals surface area contributed by atoms with Gasteiger partial charge in [-0.05, 0) is 36.8 Å². The fourth-order valence-corrected chi connectivity index (χ4v) is 2.73. The summed E-state index contributed by atoms with van der Waals surface area (Å²) in [5.41, 5.74) is 2.72. The molecule has 2 aromatic carbocycles. The molecule has 0 unspecified atom stereocenters. The van der Waals surface area contributed by atoms with Gasteiger partial charge in [0.25, 0.3) is 0 Å². The lowest BCUT2D eigenvalue weighted by Crippen LogP contribution is -2.34. The van der Waals surface area contributed by atoms with Crippen LogP contribution in [-0.4, -0.2) is 28.0 Å². The molecule has 1 atom stereocenters. The van der Waals surface area contributed by atoms with Crippen LogP contribution in [-0.2, 0) is 4.79 Å². The Morgan fingerprint density at radius 3 is 2.50 bits per heavy atom. The average molecular weight is 377 g/mol. The van der Waals surface area contributed by atoms with Crippen LogP contribution in [0, 0.1) is 0 Å². The first-order valence-electron chi connectivity index (χ1n) is 9.09. The summed E-state index contributed by atoms with van der Waals surface area (Å²) in [5, 5.41) is 8.33. The Balaban J connectivity index is 1.41. The van der Waals surface area contributed by atoms with Crippen molar-refractivity contribution in [2.75, 3.05) is 11.9 Å². The summed E-state index contributed by atoms with van der Waals surface area (Å²) in [6.07, 6.45) is 5.55. The molecule has 0 radical (unpaired) electrons. The third kappa shape index (κ3) is 5.44. The molecule has 0 spiro atoms. The highest BCUT2D eigenvalue weighted by atomic mass is 16.2. The minimum absolute atomic E-state index is 0.119. The lowest BCUT2D eigenvalue weighted by atomic mass is 10.1. The summed E-state index contributed by atoms with van der Waals surface area (Å²) in [4.78, 5) is 28.0. The number of nitrogens with zero attached hydrogens (tertiary/aromatic N) is 2. The number of nitrogens with one attached hydrogen (secondary N) is 3. The van der Waals surface area contributed by atoms with Crippen LogP contribution in [0.1, 0.15) is 24.9 Å². The second kappa shape index (κ2) is 9.36. The van der Waals surface area contributed by atoms with Gasteiger partial charge >= 0.3 is 6.03 Å². The second-order valence-corrected chi connectivity index (χ2v) is 6.35. The highest BCUT2D eigenvalue weighted by molar-refractivity contribution is 5.89. The van der Waals surface area contributed by atoms with Crippen LogP contribution in [0.25, 0.3) is 5.69 Å². The monoisotopic (exact) mass is 377 g/mol. The van der Waals surface area contributed by atoms with Gasteiger partial charge in [0.2, 0.25) is 5.91 Å². The highest BCUT2D eigenvalue weighted by Crippen LogP contribution is 2.15. The van der Waals surface area contributed by atoms with Gasteiger partial charge in [-0.3, -0.25) is 4.79 Å². The maximum atomic E-state index is 12.1. The number of carbonyl (C=O) groups excluding carboxylic acids is 2. The second-order valence-electron chi connectivity index (χ2n) is 6.35. The number of urea groups is 1. The van der Waals surface area contributed by atoms with Crippen molar-refractivity contribution in [1.82, 2.24) is 20.2 Å². The van der Waals surface area contributed by atoms with E-state index in [0.29, 0.717) is 5.69 Å². The number of hydrogen-bond acceptors (Lipinski definition) is 3. The first-order valence-corrected chi connectivity index (χ1v) is 9.09. The van der Waals surface area contributed by atoms with Gasteiger partial charge in [-0.2, -0.15) is 0 Å². The molecule has 0 saturated carbocycles. The van der Waals surface area contributed by atoms with Gasteiger partial charge in [0.05, 0.1) is 12.4 Å². The quantitative estimate of drug-likeness (QED) is 0.590. The Bertz CT molecular complexity index is 892. The fourth-order valence-electron chi connectivity index (χ4n) is 2.73. The van der Waals surface area contributed by atoms with Crippen LogP contribution in [0.2, 0.25) is 0 Å². The van der Waals surface area contributed by atoms with E-state index in [-0.39, 0.29) is 30.9 Å². The fraction of sp³-hybridized carbons (Fsp3) is 0.190. The molecule has 0 aliphatic rings. The van der Waals surface area contributed by atoms with Gasteiger partial charge < -0.3 is 20.5 Å². The normalized spacial score (nSPS) is 11.5. The number of hydrogen-bond donors (Lipinski definition) is 3. The molecule has 0 fully saturated rings. The lowest BCUT2D eigenvalue weighted by Gasteiger charge is -2.15. The zero-order chi connectivity index (χ0) is 19.8. The molecule has 1 heterocycles. The molecule has 3 rings (SSSR count). The smallest absolute Gasteiger partial charge is 0.319 e. The number of aromatic nitrogens is 2. The molecule has 1 aromatic heterocycles. The molecule has 7 heteroatoms. The van der Waals surface area contributed by atoms with E-state index in [1.165, 1.54) is 0 Å². The molecule has 7 nitrogen and oxygen atoms in total. The molecular weight excluding hydrogens is 354 g/mol. The number of amides is 3. The molecule has 3 N–H and O–H groups in total. The summed E-state index contributed by atoms with van der Waals surface area (Å²) in [7, 11) is 0. The first kappa shape index (κ1) is 19.2. The largest absolute Gasteiger partial charge is 0.350 e. The molecule has 3 aromatic rings. The van der Waals surface area contributed by atoms with E-state index in [0.717, 1.165) is 11.3 Å². The van der Waals surface area contributed by atoms with Gasteiger partial charge in [0.1, 0.15) is 0 Å². The minimum atomic E-state index is -0.331. The third-order valence-corrected chi connectivity index (χ3v) is 4.24. The van der Waals surface area contributed by atoms with E-state index in [1.54, 1.807) is 24.7 Å². The molecule has 3 amide bonds. The summed E-state index contributed by atoms with van der Waals surface area (Å²) >= 11 is 0. The SMILES string of the molecule is C[C@@H](NC(=O)CCNC(=O)Nc1ccccc1)c1ccc(-n2ccnc2)cc1. The minimum Gasteiger partial charge on any atom is -0.350 e. The van der Waals surface area contributed by atoms with Crippen molar-refractivity contribution < 1.29 is 9.59 Å². The molecule has 28 heavy (non-hydrogen) atoms. The van der Waals surface area contributed by atoms with Gasteiger partial charge in [0.15, 0.2) is 0 Å². The Morgan fingerprint density at radius 1 is 1.07 bits per heavy atom.